The molecule has 2 nitrogen and oxygen atoms in total. The van der Waals surface area contributed by atoms with Gasteiger partial charge in [0.1, 0.15) is 28.5 Å². The smallest absolute Gasteiger partial charge is 0.303 e. The minimum absolute atomic E-state index is 0.182. The van der Waals surface area contributed by atoms with Crippen molar-refractivity contribution in [3.63, 3.8) is 0 Å². The first-order chi connectivity index (χ1) is 15.2. The van der Waals surface area contributed by atoms with Gasteiger partial charge >= 0.3 is 5.97 Å². The van der Waals surface area contributed by atoms with E-state index in [4.69, 9.17) is 5.11 Å². The quantitative estimate of drug-likeness (QED) is 0.415. The second-order valence-electron chi connectivity index (χ2n) is 7.55. The number of benzene rings is 4. The van der Waals surface area contributed by atoms with Crippen LogP contribution in [0, 0.1) is 0 Å². The lowest BCUT2D eigenvalue weighted by atomic mass is 10.1. The van der Waals surface area contributed by atoms with E-state index >= 15 is 0 Å². The highest BCUT2D eigenvalue weighted by Crippen LogP contribution is 2.54. The molecule has 0 fully saturated rings. The second kappa shape index (κ2) is 9.73. The van der Waals surface area contributed by atoms with Crippen LogP contribution in [0.2, 0.25) is 0 Å². The highest BCUT2D eigenvalue weighted by atomic mass is 31.2. The van der Waals surface area contributed by atoms with Crippen molar-refractivity contribution in [1.82, 2.24) is 0 Å². The van der Waals surface area contributed by atoms with Crippen LogP contribution in [0.25, 0.3) is 0 Å². The van der Waals surface area contributed by atoms with Crippen molar-refractivity contribution in [2.45, 2.75) is 19.3 Å². The van der Waals surface area contributed by atoms with E-state index in [-0.39, 0.29) is 6.42 Å². The topological polar surface area (TPSA) is 37.3 Å². The van der Waals surface area contributed by atoms with Crippen LogP contribution in [-0.4, -0.2) is 11.1 Å². The maximum absolute atomic E-state index is 11.1. The van der Waals surface area contributed by atoms with Gasteiger partial charge in [0.15, 0.2) is 0 Å². The molecule has 31 heavy (non-hydrogen) atoms. The average molecular weight is 425 g/mol. The van der Waals surface area contributed by atoms with Gasteiger partial charge in [-0.15, -0.1) is 0 Å². The van der Waals surface area contributed by atoms with Gasteiger partial charge in [0.25, 0.3) is 0 Å². The lowest BCUT2D eigenvalue weighted by molar-refractivity contribution is -0.137. The van der Waals surface area contributed by atoms with Crippen LogP contribution in [0.5, 0.6) is 0 Å². The predicted molar refractivity (Wildman–Crippen MR) is 132 cm³/mol. The third kappa shape index (κ3) is 4.31. The van der Waals surface area contributed by atoms with Gasteiger partial charge in [-0.05, 0) is 60.9 Å². The summed E-state index contributed by atoms with van der Waals surface area (Å²) in [5, 5.41) is 14.4. The van der Waals surface area contributed by atoms with Crippen molar-refractivity contribution in [2.24, 2.45) is 0 Å². The van der Waals surface area contributed by atoms with Crippen molar-refractivity contribution in [3.05, 3.63) is 121 Å². The maximum Gasteiger partial charge on any atom is 0.303 e. The molecule has 0 amide bonds. The molecular weight excluding hydrogens is 399 g/mol. The maximum atomic E-state index is 11.1. The summed E-state index contributed by atoms with van der Waals surface area (Å²) in [7, 11) is -2.15. The molecule has 0 atom stereocenters. The summed E-state index contributed by atoms with van der Waals surface area (Å²) < 4.78 is 0. The molecule has 1 N–H and O–H groups in total. The summed E-state index contributed by atoms with van der Waals surface area (Å²) in [4.78, 5) is 11.1. The lowest BCUT2D eigenvalue weighted by Crippen LogP contribution is -2.40. The number of carboxylic acids is 1. The van der Waals surface area contributed by atoms with E-state index in [0.29, 0.717) is 6.42 Å². The highest BCUT2D eigenvalue weighted by Gasteiger charge is 2.48. The van der Waals surface area contributed by atoms with Gasteiger partial charge < -0.3 is 5.11 Å². The molecule has 0 spiro atoms. The normalized spacial score (nSPS) is 11.2. The Hall–Kier alpha value is -3.22. The molecule has 0 unspecified atom stereocenters. The SMILES string of the molecule is O=C(O)CCCc1ccccc1[P+](c1ccccc1)(c1ccccc1)c1ccccc1. The van der Waals surface area contributed by atoms with E-state index in [0.717, 1.165) is 6.42 Å². The fourth-order valence-corrected chi connectivity index (χ4v) is 8.81. The molecule has 0 bridgehead atoms. The van der Waals surface area contributed by atoms with Gasteiger partial charge in [0.2, 0.25) is 0 Å². The molecular formula is C28H26O2P+. The van der Waals surface area contributed by atoms with Crippen molar-refractivity contribution in [1.29, 1.82) is 0 Å². The third-order valence-electron chi connectivity index (χ3n) is 5.62. The number of carbonyl (C=O) groups is 1. The number of hydrogen-bond acceptors (Lipinski definition) is 1. The third-order valence-corrected chi connectivity index (χ3v) is 10.00. The fourth-order valence-electron chi connectivity index (χ4n) is 4.30. The number of carboxylic acid groups (broad SMARTS) is 1. The molecule has 0 aliphatic rings. The van der Waals surface area contributed by atoms with Gasteiger partial charge in [-0.3, -0.25) is 4.79 Å². The zero-order valence-electron chi connectivity index (χ0n) is 17.4. The summed E-state index contributed by atoms with van der Waals surface area (Å²) in [6.07, 6.45) is 1.56. The Kier molecular flexibility index (Phi) is 6.60. The molecule has 3 heteroatoms. The Morgan fingerprint density at radius 3 is 1.48 bits per heavy atom. The minimum atomic E-state index is -2.15. The number of aliphatic carboxylic acids is 1. The van der Waals surface area contributed by atoms with Crippen molar-refractivity contribution in [3.8, 4) is 0 Å². The molecule has 154 valence electrons. The van der Waals surface area contributed by atoms with E-state index in [1.165, 1.54) is 26.8 Å². The van der Waals surface area contributed by atoms with Gasteiger partial charge in [-0.1, -0.05) is 72.8 Å². The van der Waals surface area contributed by atoms with Crippen LogP contribution in [0.3, 0.4) is 0 Å². The van der Waals surface area contributed by atoms with Gasteiger partial charge in [0.05, 0.1) is 0 Å². The molecule has 0 radical (unpaired) electrons. The summed E-state index contributed by atoms with van der Waals surface area (Å²) in [6, 6.07) is 40.9. The second-order valence-corrected chi connectivity index (χ2v) is 10.9. The van der Waals surface area contributed by atoms with Gasteiger partial charge in [-0.25, -0.2) is 0 Å². The Morgan fingerprint density at radius 2 is 1.03 bits per heavy atom. The summed E-state index contributed by atoms with van der Waals surface area (Å²) in [6.45, 7) is 0. The predicted octanol–water partition coefficient (Wildman–Crippen LogP) is 4.71. The monoisotopic (exact) mass is 425 g/mol. The van der Waals surface area contributed by atoms with Crippen LogP contribution in [0.4, 0.5) is 0 Å². The highest BCUT2D eigenvalue weighted by molar-refractivity contribution is 8.01. The Morgan fingerprint density at radius 1 is 0.613 bits per heavy atom. The summed E-state index contributed by atoms with van der Waals surface area (Å²) >= 11 is 0. The van der Waals surface area contributed by atoms with E-state index in [9.17, 15) is 4.79 Å². The molecule has 0 aliphatic heterocycles. The van der Waals surface area contributed by atoms with Gasteiger partial charge in [0, 0.05) is 6.42 Å². The molecule has 0 saturated heterocycles. The molecule has 4 aromatic carbocycles. The minimum Gasteiger partial charge on any atom is -0.481 e. The molecule has 0 heterocycles. The van der Waals surface area contributed by atoms with Crippen molar-refractivity contribution < 1.29 is 9.90 Å². The fraction of sp³-hybridized carbons (Fsp3) is 0.107. The average Bonchev–Trinajstić information content (AvgIpc) is 2.82. The first-order valence-electron chi connectivity index (χ1n) is 10.6. The summed E-state index contributed by atoms with van der Waals surface area (Å²) in [5.74, 6) is -0.743. The first-order valence-corrected chi connectivity index (χ1v) is 12.4. The number of hydrogen-bond donors (Lipinski definition) is 1. The van der Waals surface area contributed by atoms with Crippen LogP contribution in [0.1, 0.15) is 18.4 Å². The summed E-state index contributed by atoms with van der Waals surface area (Å²) in [5.41, 5.74) is 1.23. The molecule has 0 aromatic heterocycles. The standard InChI is InChI=1S/C28H25O2P/c29-28(30)22-12-14-23-13-10-11-21-27(23)31(24-15-4-1-5-16-24,25-17-6-2-7-18-25)26-19-8-3-9-20-26/h1-11,13,15-21H,12,14,22H2/p+1. The Balaban J connectivity index is 2.02. The first kappa shape index (κ1) is 21.0. The van der Waals surface area contributed by atoms with E-state index in [1.807, 2.05) is 0 Å². The largest absolute Gasteiger partial charge is 0.481 e. The van der Waals surface area contributed by atoms with Crippen LogP contribution < -0.4 is 21.2 Å². The van der Waals surface area contributed by atoms with E-state index in [2.05, 4.69) is 115 Å². The Labute approximate surface area is 184 Å². The van der Waals surface area contributed by atoms with Gasteiger partial charge in [-0.2, -0.15) is 0 Å². The van der Waals surface area contributed by atoms with Crippen molar-refractivity contribution >= 4 is 34.4 Å². The molecule has 4 aromatic rings. The lowest BCUT2D eigenvalue weighted by Gasteiger charge is -2.29. The zero-order valence-corrected chi connectivity index (χ0v) is 18.3. The zero-order chi connectivity index (χ0) is 21.5. The van der Waals surface area contributed by atoms with Crippen LogP contribution >= 0.6 is 7.26 Å². The van der Waals surface area contributed by atoms with Crippen LogP contribution in [0.15, 0.2) is 115 Å². The van der Waals surface area contributed by atoms with Crippen LogP contribution in [-0.2, 0) is 11.2 Å². The van der Waals surface area contributed by atoms with E-state index in [1.54, 1.807) is 0 Å². The molecule has 0 aliphatic carbocycles. The van der Waals surface area contributed by atoms with E-state index < -0.39 is 13.2 Å². The molecule has 0 saturated carbocycles. The number of aryl methyl sites for hydroxylation is 1. The molecule has 4 rings (SSSR count). The Bertz CT molecular complexity index is 1030. The number of rotatable bonds is 8. The van der Waals surface area contributed by atoms with Crippen molar-refractivity contribution in [2.75, 3.05) is 0 Å².